The average Bonchev–Trinajstić information content (AvgIpc) is 2.09. The van der Waals surface area contributed by atoms with Gasteiger partial charge in [0.25, 0.3) is 0 Å². The molecule has 0 aliphatic carbocycles. The van der Waals surface area contributed by atoms with Gasteiger partial charge in [-0.05, 0) is 28.1 Å². The van der Waals surface area contributed by atoms with Crippen molar-refractivity contribution in [2.75, 3.05) is 7.11 Å². The van der Waals surface area contributed by atoms with Crippen LogP contribution in [0.5, 0.6) is 11.5 Å². The van der Waals surface area contributed by atoms with E-state index in [0.717, 1.165) is 6.07 Å². The molecule has 1 aromatic rings. The Morgan fingerprint density at radius 1 is 1.54 bits per heavy atom. The highest BCUT2D eigenvalue weighted by Crippen LogP contribution is 2.34. The Labute approximate surface area is 82.9 Å². The number of carbonyl (C=O) groups is 1. The second-order valence-electron chi connectivity index (χ2n) is 2.32. The van der Waals surface area contributed by atoms with Crippen LogP contribution in [0, 0.1) is 0 Å². The zero-order valence-electron chi connectivity index (χ0n) is 6.74. The molecule has 13 heavy (non-hydrogen) atoms. The van der Waals surface area contributed by atoms with Gasteiger partial charge >= 0.3 is 5.97 Å². The van der Waals surface area contributed by atoms with Crippen LogP contribution in [0.2, 0.25) is 0 Å². The van der Waals surface area contributed by atoms with Crippen LogP contribution in [0.25, 0.3) is 0 Å². The molecule has 0 aliphatic rings. The normalized spacial score (nSPS) is 9.69. The highest BCUT2D eigenvalue weighted by molar-refractivity contribution is 9.10. The summed E-state index contributed by atoms with van der Waals surface area (Å²) in [5.41, 5.74) is -0.0162. The molecule has 0 fully saturated rings. The Morgan fingerprint density at radius 3 is 2.62 bits per heavy atom. The lowest BCUT2D eigenvalue weighted by molar-refractivity contribution is 0.0696. The van der Waals surface area contributed by atoms with Crippen molar-refractivity contribution in [1.29, 1.82) is 0 Å². The molecule has 1 rings (SSSR count). The topological polar surface area (TPSA) is 66.8 Å². The molecule has 0 radical (unpaired) electrons. The number of phenolic OH excluding ortho intramolecular Hbond substituents is 1. The number of rotatable bonds is 2. The van der Waals surface area contributed by atoms with Crippen LogP contribution in [0.15, 0.2) is 16.6 Å². The molecule has 2 N–H and O–H groups in total. The number of aromatic carboxylic acids is 1. The Balaban J connectivity index is 3.30. The van der Waals surface area contributed by atoms with Crippen LogP contribution in [-0.4, -0.2) is 23.3 Å². The SMILES string of the molecule is COc1cc(C(=O)O)cc(O)c1Br. The number of benzene rings is 1. The summed E-state index contributed by atoms with van der Waals surface area (Å²) < 4.78 is 5.19. The first-order valence-corrected chi connectivity index (χ1v) is 4.15. The molecule has 0 heterocycles. The molecule has 1 aromatic carbocycles. The molecule has 0 saturated carbocycles. The number of carboxylic acids is 1. The van der Waals surface area contributed by atoms with Gasteiger partial charge in [-0.2, -0.15) is 0 Å². The van der Waals surface area contributed by atoms with E-state index in [1.54, 1.807) is 0 Å². The standard InChI is InChI=1S/C8H7BrO4/c1-13-6-3-4(8(11)12)2-5(10)7(6)9/h2-3,10H,1H3,(H,11,12). The van der Waals surface area contributed by atoms with Gasteiger partial charge in [0.2, 0.25) is 0 Å². The van der Waals surface area contributed by atoms with Crippen molar-refractivity contribution in [2.45, 2.75) is 0 Å². The lowest BCUT2D eigenvalue weighted by atomic mass is 10.2. The summed E-state index contributed by atoms with van der Waals surface area (Å²) in [7, 11) is 1.39. The predicted octanol–water partition coefficient (Wildman–Crippen LogP) is 1.86. The van der Waals surface area contributed by atoms with Crippen molar-refractivity contribution in [3.8, 4) is 11.5 Å². The summed E-state index contributed by atoms with van der Waals surface area (Å²) in [5.74, 6) is -0.977. The van der Waals surface area contributed by atoms with E-state index in [0.29, 0.717) is 4.47 Å². The molecule has 0 aliphatic heterocycles. The van der Waals surface area contributed by atoms with Gasteiger partial charge in [-0.25, -0.2) is 4.79 Å². The van der Waals surface area contributed by atoms with E-state index in [1.165, 1.54) is 13.2 Å². The van der Waals surface area contributed by atoms with Gasteiger partial charge in [0.05, 0.1) is 12.7 Å². The number of methoxy groups -OCH3 is 1. The Kier molecular flexibility index (Phi) is 2.77. The minimum absolute atomic E-state index is 0.0162. The molecule has 4 nitrogen and oxygen atoms in total. The van der Waals surface area contributed by atoms with Crippen molar-refractivity contribution in [1.82, 2.24) is 0 Å². The second kappa shape index (κ2) is 3.66. The summed E-state index contributed by atoms with van der Waals surface area (Å²) in [6.45, 7) is 0. The number of carboxylic acid groups (broad SMARTS) is 1. The largest absolute Gasteiger partial charge is 0.507 e. The third kappa shape index (κ3) is 1.92. The first kappa shape index (κ1) is 9.85. The third-order valence-electron chi connectivity index (χ3n) is 1.49. The predicted molar refractivity (Wildman–Crippen MR) is 49.3 cm³/mol. The van der Waals surface area contributed by atoms with Crippen LogP contribution in [0.3, 0.4) is 0 Å². The highest BCUT2D eigenvalue weighted by Gasteiger charge is 2.11. The van der Waals surface area contributed by atoms with Crippen LogP contribution >= 0.6 is 15.9 Å². The molecule has 0 aromatic heterocycles. The first-order chi connectivity index (χ1) is 6.06. The number of phenols is 1. The highest BCUT2D eigenvalue weighted by atomic mass is 79.9. The van der Waals surface area contributed by atoms with Crippen molar-refractivity contribution >= 4 is 21.9 Å². The zero-order valence-corrected chi connectivity index (χ0v) is 8.33. The Morgan fingerprint density at radius 2 is 2.15 bits per heavy atom. The monoisotopic (exact) mass is 246 g/mol. The van der Waals surface area contributed by atoms with E-state index >= 15 is 0 Å². The third-order valence-corrected chi connectivity index (χ3v) is 2.28. The molecular weight excluding hydrogens is 240 g/mol. The van der Waals surface area contributed by atoms with Gasteiger partial charge in [-0.15, -0.1) is 0 Å². The number of ether oxygens (including phenoxy) is 1. The summed E-state index contributed by atoms with van der Waals surface area (Å²) in [6, 6.07) is 2.47. The maximum absolute atomic E-state index is 10.6. The molecule has 0 unspecified atom stereocenters. The van der Waals surface area contributed by atoms with Gasteiger partial charge in [-0.3, -0.25) is 0 Å². The summed E-state index contributed by atoms with van der Waals surface area (Å²) in [4.78, 5) is 10.6. The van der Waals surface area contributed by atoms with E-state index in [2.05, 4.69) is 15.9 Å². The summed E-state index contributed by atoms with van der Waals surface area (Å²) >= 11 is 3.06. The van der Waals surface area contributed by atoms with Gasteiger partial charge in [0.15, 0.2) is 0 Å². The van der Waals surface area contributed by atoms with E-state index in [1.807, 2.05) is 0 Å². The van der Waals surface area contributed by atoms with Gasteiger partial charge in [-0.1, -0.05) is 0 Å². The fourth-order valence-electron chi connectivity index (χ4n) is 0.855. The van der Waals surface area contributed by atoms with E-state index in [9.17, 15) is 9.90 Å². The molecule has 0 atom stereocenters. The molecule has 0 spiro atoms. The lowest BCUT2D eigenvalue weighted by Crippen LogP contribution is -1.97. The fraction of sp³-hybridized carbons (Fsp3) is 0.125. The Hall–Kier alpha value is -1.23. The minimum atomic E-state index is -1.11. The van der Waals surface area contributed by atoms with Crippen LogP contribution in [0.4, 0.5) is 0 Å². The quantitative estimate of drug-likeness (QED) is 0.836. The lowest BCUT2D eigenvalue weighted by Gasteiger charge is -2.05. The molecular formula is C8H7BrO4. The maximum Gasteiger partial charge on any atom is 0.335 e. The molecule has 0 amide bonds. The van der Waals surface area contributed by atoms with E-state index in [-0.39, 0.29) is 17.1 Å². The van der Waals surface area contributed by atoms with Crippen LogP contribution in [0.1, 0.15) is 10.4 Å². The minimum Gasteiger partial charge on any atom is -0.507 e. The van der Waals surface area contributed by atoms with E-state index < -0.39 is 5.97 Å². The van der Waals surface area contributed by atoms with Gasteiger partial charge in [0, 0.05) is 0 Å². The smallest absolute Gasteiger partial charge is 0.335 e. The van der Waals surface area contributed by atoms with Crippen molar-refractivity contribution in [3.05, 3.63) is 22.2 Å². The summed E-state index contributed by atoms with van der Waals surface area (Å²) in [6.07, 6.45) is 0. The van der Waals surface area contributed by atoms with Gasteiger partial charge in [0.1, 0.15) is 16.0 Å². The fourth-order valence-corrected chi connectivity index (χ4v) is 1.25. The van der Waals surface area contributed by atoms with Crippen molar-refractivity contribution in [3.63, 3.8) is 0 Å². The molecule has 0 bridgehead atoms. The summed E-state index contributed by atoms with van der Waals surface area (Å²) in [5, 5.41) is 17.9. The number of aromatic hydroxyl groups is 1. The first-order valence-electron chi connectivity index (χ1n) is 3.36. The Bertz CT molecular complexity index is 348. The molecule has 5 heteroatoms. The second-order valence-corrected chi connectivity index (χ2v) is 3.11. The number of hydrogen-bond donors (Lipinski definition) is 2. The van der Waals surface area contributed by atoms with Crippen molar-refractivity contribution in [2.24, 2.45) is 0 Å². The average molecular weight is 247 g/mol. The number of hydrogen-bond acceptors (Lipinski definition) is 3. The van der Waals surface area contributed by atoms with Crippen molar-refractivity contribution < 1.29 is 19.7 Å². The van der Waals surface area contributed by atoms with Crippen LogP contribution < -0.4 is 4.74 Å². The maximum atomic E-state index is 10.6. The molecule has 0 saturated heterocycles. The zero-order chi connectivity index (χ0) is 10.0. The van der Waals surface area contributed by atoms with E-state index in [4.69, 9.17) is 9.84 Å². The molecule has 70 valence electrons. The number of halogens is 1. The van der Waals surface area contributed by atoms with Crippen LogP contribution in [-0.2, 0) is 0 Å². The van der Waals surface area contributed by atoms with Gasteiger partial charge < -0.3 is 14.9 Å².